The van der Waals surface area contributed by atoms with Crippen LogP contribution in [-0.2, 0) is 6.54 Å². The molecule has 108 valence electrons. The summed E-state index contributed by atoms with van der Waals surface area (Å²) in [6.45, 7) is 6.26. The Hall–Kier alpha value is -2.56. The van der Waals surface area contributed by atoms with Gasteiger partial charge in [-0.15, -0.1) is 0 Å². The van der Waals surface area contributed by atoms with Crippen LogP contribution in [0.4, 0.5) is 0 Å². The first-order valence-electron chi connectivity index (χ1n) is 6.84. The molecule has 0 fully saturated rings. The molecule has 5 nitrogen and oxygen atoms in total. The summed E-state index contributed by atoms with van der Waals surface area (Å²) >= 11 is 0. The second kappa shape index (κ2) is 5.09. The standard InChI is InChI=1S/C16H17N3O2/c1-9-6-13(19-21-9)8-17-16(20)12-4-5-15-14(7-12)10(2)11(3)18-15/h4-7,18H,8H2,1-3H3,(H,17,20). The van der Waals surface area contributed by atoms with Crippen LogP contribution in [0.5, 0.6) is 0 Å². The monoisotopic (exact) mass is 283 g/mol. The summed E-state index contributed by atoms with van der Waals surface area (Å²) in [6, 6.07) is 7.48. The number of hydrogen-bond donors (Lipinski definition) is 2. The summed E-state index contributed by atoms with van der Waals surface area (Å²) in [4.78, 5) is 15.5. The molecule has 0 unspecified atom stereocenters. The molecule has 3 rings (SSSR count). The molecule has 0 atom stereocenters. The molecule has 0 aliphatic carbocycles. The Morgan fingerprint density at radius 2 is 2.10 bits per heavy atom. The van der Waals surface area contributed by atoms with E-state index in [-0.39, 0.29) is 5.91 Å². The molecule has 2 N–H and O–H groups in total. The molecule has 0 spiro atoms. The van der Waals surface area contributed by atoms with Crippen LogP contribution in [-0.4, -0.2) is 16.0 Å². The molecule has 5 heteroatoms. The van der Waals surface area contributed by atoms with Gasteiger partial charge in [0.1, 0.15) is 11.5 Å². The molecule has 1 amide bonds. The smallest absolute Gasteiger partial charge is 0.251 e. The average molecular weight is 283 g/mol. The van der Waals surface area contributed by atoms with Gasteiger partial charge in [0, 0.05) is 28.2 Å². The normalized spacial score (nSPS) is 11.0. The van der Waals surface area contributed by atoms with Crippen molar-refractivity contribution in [1.82, 2.24) is 15.5 Å². The van der Waals surface area contributed by atoms with Crippen LogP contribution in [0, 0.1) is 20.8 Å². The van der Waals surface area contributed by atoms with E-state index in [1.165, 1.54) is 5.56 Å². The number of carbonyl (C=O) groups excluding carboxylic acids is 1. The first kappa shape index (κ1) is 13.4. The van der Waals surface area contributed by atoms with E-state index in [4.69, 9.17) is 4.52 Å². The Balaban J connectivity index is 1.79. The van der Waals surface area contributed by atoms with Crippen molar-refractivity contribution in [2.45, 2.75) is 27.3 Å². The van der Waals surface area contributed by atoms with Crippen LogP contribution in [0.1, 0.15) is 33.1 Å². The maximum absolute atomic E-state index is 12.2. The zero-order chi connectivity index (χ0) is 15.0. The first-order valence-corrected chi connectivity index (χ1v) is 6.84. The van der Waals surface area contributed by atoms with Crippen molar-refractivity contribution in [3.8, 4) is 0 Å². The average Bonchev–Trinajstić information content (AvgIpc) is 3.01. The fourth-order valence-electron chi connectivity index (χ4n) is 2.38. The number of amides is 1. The maximum Gasteiger partial charge on any atom is 0.251 e. The van der Waals surface area contributed by atoms with Crippen LogP contribution >= 0.6 is 0 Å². The van der Waals surface area contributed by atoms with E-state index in [1.54, 1.807) is 0 Å². The topological polar surface area (TPSA) is 70.9 Å². The molecule has 0 saturated carbocycles. The molecule has 0 radical (unpaired) electrons. The summed E-state index contributed by atoms with van der Waals surface area (Å²) in [7, 11) is 0. The Kier molecular flexibility index (Phi) is 3.25. The van der Waals surface area contributed by atoms with Gasteiger partial charge in [0.15, 0.2) is 0 Å². The van der Waals surface area contributed by atoms with E-state index >= 15 is 0 Å². The quantitative estimate of drug-likeness (QED) is 0.776. The van der Waals surface area contributed by atoms with Gasteiger partial charge in [-0.3, -0.25) is 4.79 Å². The van der Waals surface area contributed by atoms with E-state index in [2.05, 4.69) is 15.5 Å². The van der Waals surface area contributed by atoms with Crippen molar-refractivity contribution in [2.24, 2.45) is 0 Å². The van der Waals surface area contributed by atoms with E-state index < -0.39 is 0 Å². The Labute approximate surface area is 122 Å². The van der Waals surface area contributed by atoms with Crippen LogP contribution in [0.25, 0.3) is 10.9 Å². The first-order chi connectivity index (χ1) is 10.0. The Bertz CT molecular complexity index is 814. The minimum absolute atomic E-state index is 0.115. The van der Waals surface area contributed by atoms with Crippen molar-refractivity contribution in [1.29, 1.82) is 0 Å². The van der Waals surface area contributed by atoms with Crippen molar-refractivity contribution in [2.75, 3.05) is 0 Å². The molecule has 2 heterocycles. The van der Waals surface area contributed by atoms with Gasteiger partial charge in [-0.05, 0) is 44.5 Å². The summed E-state index contributed by atoms with van der Waals surface area (Å²) in [5, 5.41) is 7.78. The third-order valence-corrected chi connectivity index (χ3v) is 3.68. The number of aromatic nitrogens is 2. The van der Waals surface area contributed by atoms with Crippen LogP contribution < -0.4 is 5.32 Å². The largest absolute Gasteiger partial charge is 0.361 e. The molecule has 0 bridgehead atoms. The molecule has 1 aromatic carbocycles. The van der Waals surface area contributed by atoms with E-state index in [9.17, 15) is 4.79 Å². The number of fused-ring (bicyclic) bond motifs is 1. The molecule has 3 aromatic rings. The molecular formula is C16H17N3O2. The van der Waals surface area contributed by atoms with Crippen molar-refractivity contribution in [3.05, 3.63) is 52.5 Å². The van der Waals surface area contributed by atoms with Crippen molar-refractivity contribution in [3.63, 3.8) is 0 Å². The fourth-order valence-corrected chi connectivity index (χ4v) is 2.38. The summed E-state index contributed by atoms with van der Waals surface area (Å²) in [6.07, 6.45) is 0. The lowest BCUT2D eigenvalue weighted by molar-refractivity contribution is 0.0950. The summed E-state index contributed by atoms with van der Waals surface area (Å²) in [5.41, 5.74) is 4.71. The van der Waals surface area contributed by atoms with E-state index in [1.807, 2.05) is 45.0 Å². The highest BCUT2D eigenvalue weighted by molar-refractivity contribution is 5.98. The summed E-state index contributed by atoms with van der Waals surface area (Å²) < 4.78 is 4.97. The second-order valence-corrected chi connectivity index (χ2v) is 5.25. The number of aryl methyl sites for hydroxylation is 3. The lowest BCUT2D eigenvalue weighted by atomic mass is 10.1. The zero-order valence-electron chi connectivity index (χ0n) is 12.3. The van der Waals surface area contributed by atoms with Gasteiger partial charge in [0.2, 0.25) is 0 Å². The predicted molar refractivity (Wildman–Crippen MR) is 80.2 cm³/mol. The van der Waals surface area contributed by atoms with Crippen LogP contribution in [0.3, 0.4) is 0 Å². The van der Waals surface area contributed by atoms with Gasteiger partial charge < -0.3 is 14.8 Å². The molecule has 21 heavy (non-hydrogen) atoms. The molecule has 0 saturated heterocycles. The Morgan fingerprint density at radius 3 is 2.81 bits per heavy atom. The lowest BCUT2D eigenvalue weighted by Crippen LogP contribution is -2.22. The number of carbonyl (C=O) groups is 1. The Morgan fingerprint density at radius 1 is 1.29 bits per heavy atom. The van der Waals surface area contributed by atoms with E-state index in [0.29, 0.717) is 12.1 Å². The predicted octanol–water partition coefficient (Wildman–Crippen LogP) is 3.01. The van der Waals surface area contributed by atoms with Gasteiger partial charge in [0.25, 0.3) is 5.91 Å². The number of hydrogen-bond acceptors (Lipinski definition) is 3. The van der Waals surface area contributed by atoms with Crippen LogP contribution in [0.2, 0.25) is 0 Å². The SMILES string of the molecule is Cc1cc(CNC(=O)c2ccc3[nH]c(C)c(C)c3c2)no1. The fraction of sp³-hybridized carbons (Fsp3) is 0.250. The minimum Gasteiger partial charge on any atom is -0.361 e. The minimum atomic E-state index is -0.115. The number of benzene rings is 1. The lowest BCUT2D eigenvalue weighted by Gasteiger charge is -2.03. The highest BCUT2D eigenvalue weighted by Crippen LogP contribution is 2.22. The molecular weight excluding hydrogens is 266 g/mol. The van der Waals surface area contributed by atoms with Gasteiger partial charge in [-0.2, -0.15) is 0 Å². The number of aromatic amines is 1. The zero-order valence-corrected chi connectivity index (χ0v) is 12.3. The maximum atomic E-state index is 12.2. The highest BCUT2D eigenvalue weighted by atomic mass is 16.5. The van der Waals surface area contributed by atoms with Crippen molar-refractivity contribution >= 4 is 16.8 Å². The number of rotatable bonds is 3. The number of nitrogens with one attached hydrogen (secondary N) is 2. The van der Waals surface area contributed by atoms with Gasteiger partial charge in [-0.25, -0.2) is 0 Å². The van der Waals surface area contributed by atoms with Crippen molar-refractivity contribution < 1.29 is 9.32 Å². The third kappa shape index (κ3) is 2.54. The molecule has 0 aliphatic rings. The molecule has 2 aromatic heterocycles. The molecule has 0 aliphatic heterocycles. The van der Waals surface area contributed by atoms with Crippen LogP contribution in [0.15, 0.2) is 28.8 Å². The third-order valence-electron chi connectivity index (χ3n) is 3.68. The number of nitrogens with zero attached hydrogens (tertiary/aromatic N) is 1. The second-order valence-electron chi connectivity index (χ2n) is 5.25. The van der Waals surface area contributed by atoms with E-state index in [0.717, 1.165) is 28.1 Å². The highest BCUT2D eigenvalue weighted by Gasteiger charge is 2.10. The van der Waals surface area contributed by atoms with Gasteiger partial charge in [-0.1, -0.05) is 5.16 Å². The number of H-pyrrole nitrogens is 1. The summed E-state index contributed by atoms with van der Waals surface area (Å²) in [5.74, 6) is 0.620. The van der Waals surface area contributed by atoms with Gasteiger partial charge >= 0.3 is 0 Å². The van der Waals surface area contributed by atoms with Gasteiger partial charge in [0.05, 0.1) is 6.54 Å².